The second-order valence-electron chi connectivity index (χ2n) is 8.07. The molecule has 2 aromatic rings. The minimum atomic E-state index is -0.962. The van der Waals surface area contributed by atoms with E-state index in [9.17, 15) is 14.4 Å². The van der Waals surface area contributed by atoms with Crippen LogP contribution in [0.1, 0.15) is 25.3 Å². The third-order valence-corrected chi connectivity index (χ3v) is 5.65. The van der Waals surface area contributed by atoms with Crippen LogP contribution in [-0.4, -0.2) is 55.6 Å². The second kappa shape index (κ2) is 8.89. The van der Waals surface area contributed by atoms with Crippen molar-refractivity contribution in [1.82, 2.24) is 5.01 Å². The number of amides is 3. The second-order valence-corrected chi connectivity index (χ2v) is 8.07. The fourth-order valence-electron chi connectivity index (χ4n) is 3.88. The SMILES string of the molecule is COc1ccc(NC(=O)CN2N=N[C@@H]3C(=O)N(c4ccc(C(C)C)cc4)C(=O)[C@@H]32)cc1OC. The number of carbonyl (C=O) groups is 3. The van der Waals surface area contributed by atoms with Crippen LogP contribution in [-0.2, 0) is 14.4 Å². The monoisotopic (exact) mass is 451 g/mol. The van der Waals surface area contributed by atoms with Crippen molar-refractivity contribution in [2.75, 3.05) is 31.0 Å². The molecule has 0 aromatic heterocycles. The summed E-state index contributed by atoms with van der Waals surface area (Å²) in [6.07, 6.45) is 0. The van der Waals surface area contributed by atoms with Crippen molar-refractivity contribution in [3.63, 3.8) is 0 Å². The Labute approximate surface area is 191 Å². The topological polar surface area (TPSA) is 113 Å². The Balaban J connectivity index is 1.46. The Morgan fingerprint density at radius 3 is 2.36 bits per heavy atom. The predicted octanol–water partition coefficient (Wildman–Crippen LogP) is 2.76. The molecule has 0 aliphatic carbocycles. The van der Waals surface area contributed by atoms with Gasteiger partial charge in [0.15, 0.2) is 23.6 Å². The number of nitrogens with one attached hydrogen (secondary N) is 1. The molecule has 172 valence electrons. The van der Waals surface area contributed by atoms with Crippen LogP contribution >= 0.6 is 0 Å². The van der Waals surface area contributed by atoms with Crippen LogP contribution in [0, 0.1) is 0 Å². The van der Waals surface area contributed by atoms with Crippen molar-refractivity contribution in [3.05, 3.63) is 48.0 Å². The predicted molar refractivity (Wildman–Crippen MR) is 120 cm³/mol. The number of benzene rings is 2. The van der Waals surface area contributed by atoms with Gasteiger partial charge in [-0.3, -0.25) is 19.4 Å². The minimum absolute atomic E-state index is 0.238. The first kappa shape index (κ1) is 22.3. The van der Waals surface area contributed by atoms with E-state index in [1.807, 2.05) is 12.1 Å². The highest BCUT2D eigenvalue weighted by Gasteiger charge is 2.55. The summed E-state index contributed by atoms with van der Waals surface area (Å²) in [5.74, 6) is 0.00827. The summed E-state index contributed by atoms with van der Waals surface area (Å²) in [4.78, 5) is 39.7. The average molecular weight is 451 g/mol. The molecule has 1 saturated heterocycles. The molecule has 2 aliphatic heterocycles. The maximum Gasteiger partial charge on any atom is 0.263 e. The average Bonchev–Trinajstić information content (AvgIpc) is 3.32. The zero-order valence-corrected chi connectivity index (χ0v) is 18.8. The third-order valence-electron chi connectivity index (χ3n) is 5.65. The quantitative estimate of drug-likeness (QED) is 0.648. The summed E-state index contributed by atoms with van der Waals surface area (Å²) >= 11 is 0. The van der Waals surface area contributed by atoms with E-state index in [4.69, 9.17) is 9.47 Å². The Morgan fingerprint density at radius 1 is 1.03 bits per heavy atom. The molecule has 4 rings (SSSR count). The number of imide groups is 1. The van der Waals surface area contributed by atoms with Crippen molar-refractivity contribution in [2.45, 2.75) is 31.8 Å². The molecule has 33 heavy (non-hydrogen) atoms. The van der Waals surface area contributed by atoms with Gasteiger partial charge in [0.25, 0.3) is 11.8 Å². The molecule has 0 radical (unpaired) electrons. The van der Waals surface area contributed by atoms with Gasteiger partial charge in [-0.2, -0.15) is 5.11 Å². The van der Waals surface area contributed by atoms with Crippen LogP contribution in [0.5, 0.6) is 11.5 Å². The zero-order chi connectivity index (χ0) is 23.7. The van der Waals surface area contributed by atoms with Gasteiger partial charge in [-0.1, -0.05) is 31.2 Å². The first-order valence-corrected chi connectivity index (χ1v) is 10.5. The summed E-state index contributed by atoms with van der Waals surface area (Å²) in [5.41, 5.74) is 2.07. The van der Waals surface area contributed by atoms with Gasteiger partial charge < -0.3 is 14.8 Å². The summed E-state index contributed by atoms with van der Waals surface area (Å²) in [7, 11) is 3.02. The molecular formula is C23H25N5O5. The van der Waals surface area contributed by atoms with Gasteiger partial charge >= 0.3 is 0 Å². The van der Waals surface area contributed by atoms with Crippen molar-refractivity contribution < 1.29 is 23.9 Å². The lowest BCUT2D eigenvalue weighted by atomic mass is 10.0. The van der Waals surface area contributed by atoms with Gasteiger partial charge in [-0.15, -0.1) is 0 Å². The van der Waals surface area contributed by atoms with Crippen LogP contribution < -0.4 is 19.7 Å². The highest BCUT2D eigenvalue weighted by molar-refractivity contribution is 6.25. The van der Waals surface area contributed by atoms with E-state index in [0.29, 0.717) is 28.8 Å². The molecular weight excluding hydrogens is 426 g/mol. The van der Waals surface area contributed by atoms with Crippen LogP contribution in [0.15, 0.2) is 52.8 Å². The fraction of sp³-hybridized carbons (Fsp3) is 0.348. The Morgan fingerprint density at radius 2 is 1.73 bits per heavy atom. The summed E-state index contributed by atoms with van der Waals surface area (Å²) in [6.45, 7) is 3.89. The van der Waals surface area contributed by atoms with Gasteiger partial charge in [0.05, 0.1) is 19.9 Å². The number of nitrogens with zero attached hydrogens (tertiary/aromatic N) is 4. The Hall–Kier alpha value is -3.95. The molecule has 1 fully saturated rings. The molecule has 2 aliphatic rings. The summed E-state index contributed by atoms with van der Waals surface area (Å²) in [6, 6.07) is 10.3. The van der Waals surface area contributed by atoms with Gasteiger partial charge in [-0.25, -0.2) is 4.90 Å². The van der Waals surface area contributed by atoms with Crippen LogP contribution in [0.2, 0.25) is 0 Å². The Bertz CT molecular complexity index is 1110. The van der Waals surface area contributed by atoms with Gasteiger partial charge in [-0.05, 0) is 35.7 Å². The van der Waals surface area contributed by atoms with Crippen molar-refractivity contribution in [3.8, 4) is 11.5 Å². The number of anilines is 2. The maximum absolute atomic E-state index is 13.1. The molecule has 0 saturated carbocycles. The fourth-order valence-corrected chi connectivity index (χ4v) is 3.88. The first-order valence-electron chi connectivity index (χ1n) is 10.5. The van der Waals surface area contributed by atoms with Crippen molar-refractivity contribution in [2.24, 2.45) is 10.3 Å². The van der Waals surface area contributed by atoms with Gasteiger partial charge in [0, 0.05) is 11.8 Å². The molecule has 10 heteroatoms. The number of methoxy groups -OCH3 is 2. The van der Waals surface area contributed by atoms with E-state index in [-0.39, 0.29) is 6.54 Å². The molecule has 0 unspecified atom stereocenters. The van der Waals surface area contributed by atoms with Gasteiger partial charge in [0.1, 0.15) is 6.54 Å². The van der Waals surface area contributed by atoms with Crippen LogP contribution in [0.3, 0.4) is 0 Å². The zero-order valence-electron chi connectivity index (χ0n) is 18.8. The number of carbonyl (C=O) groups excluding carboxylic acids is 3. The van der Waals surface area contributed by atoms with Crippen LogP contribution in [0.4, 0.5) is 11.4 Å². The number of ether oxygens (including phenoxy) is 2. The molecule has 1 N–H and O–H groups in total. The minimum Gasteiger partial charge on any atom is -0.493 e. The molecule has 2 atom stereocenters. The Kier molecular flexibility index (Phi) is 5.99. The van der Waals surface area contributed by atoms with E-state index < -0.39 is 29.8 Å². The lowest BCUT2D eigenvalue weighted by molar-refractivity contribution is -0.123. The molecule has 0 spiro atoms. The van der Waals surface area contributed by atoms with E-state index in [1.54, 1.807) is 30.3 Å². The summed E-state index contributed by atoms with van der Waals surface area (Å²) < 4.78 is 10.4. The third kappa shape index (κ3) is 4.11. The van der Waals surface area contributed by atoms with Crippen molar-refractivity contribution in [1.29, 1.82) is 0 Å². The van der Waals surface area contributed by atoms with E-state index in [0.717, 1.165) is 10.5 Å². The van der Waals surface area contributed by atoms with E-state index >= 15 is 0 Å². The normalized spacial score (nSPS) is 19.3. The highest BCUT2D eigenvalue weighted by Crippen LogP contribution is 2.33. The lowest BCUT2D eigenvalue weighted by Crippen LogP contribution is -2.43. The smallest absolute Gasteiger partial charge is 0.263 e. The highest BCUT2D eigenvalue weighted by atomic mass is 16.5. The van der Waals surface area contributed by atoms with E-state index in [2.05, 4.69) is 29.5 Å². The standard InChI is InChI=1S/C23H25N5O5/c1-13(2)14-5-8-16(9-6-14)28-22(30)20-21(23(28)31)27(26-25-20)12-19(29)24-15-7-10-17(32-3)18(11-15)33-4/h5-11,13,20-21H,12H2,1-4H3,(H,24,29)/t20-,21+/m0/s1. The molecule has 10 nitrogen and oxygen atoms in total. The number of hydrogen-bond donors (Lipinski definition) is 1. The number of fused-ring (bicyclic) bond motifs is 1. The molecule has 2 heterocycles. The maximum atomic E-state index is 13.1. The molecule has 0 bridgehead atoms. The number of rotatable bonds is 7. The van der Waals surface area contributed by atoms with Crippen LogP contribution in [0.25, 0.3) is 0 Å². The van der Waals surface area contributed by atoms with Crippen molar-refractivity contribution >= 4 is 29.1 Å². The number of hydrogen-bond acceptors (Lipinski definition) is 8. The summed E-state index contributed by atoms with van der Waals surface area (Å²) in [5, 5.41) is 11.9. The first-order chi connectivity index (χ1) is 15.8. The lowest BCUT2D eigenvalue weighted by Gasteiger charge is -2.20. The largest absolute Gasteiger partial charge is 0.493 e. The molecule has 2 aromatic carbocycles. The molecule has 3 amide bonds. The van der Waals surface area contributed by atoms with Gasteiger partial charge in [0.2, 0.25) is 5.91 Å². The van der Waals surface area contributed by atoms with E-state index in [1.165, 1.54) is 19.2 Å².